The van der Waals surface area contributed by atoms with Crippen LogP contribution < -0.4 is 4.74 Å². The van der Waals surface area contributed by atoms with E-state index in [4.69, 9.17) is 4.74 Å². The average molecular weight is 451 g/mol. The number of aromatic hydroxyl groups is 1. The van der Waals surface area contributed by atoms with Crippen molar-refractivity contribution in [3.63, 3.8) is 0 Å². The third-order valence-corrected chi connectivity index (χ3v) is 9.52. The number of aliphatic hydroxyl groups is 1. The Bertz CT molecular complexity index is 1130. The van der Waals surface area contributed by atoms with Gasteiger partial charge in [0.1, 0.15) is 6.10 Å². The molecule has 7 rings (SSSR count). The molecule has 5 atom stereocenters. The van der Waals surface area contributed by atoms with Gasteiger partial charge in [-0.3, -0.25) is 19.4 Å². The van der Waals surface area contributed by atoms with E-state index in [9.17, 15) is 19.8 Å². The van der Waals surface area contributed by atoms with E-state index in [0.29, 0.717) is 30.6 Å². The van der Waals surface area contributed by atoms with Gasteiger partial charge < -0.3 is 14.9 Å². The SMILES string of the molecule is CC=C1CC(=O)N([C@@H]2CCC3(O)[C@H]4Cc5ccc(O)c6c5[C@@]3(CCN4CC3CC3)[C@H]2O6)C1=O. The van der Waals surface area contributed by atoms with E-state index in [0.717, 1.165) is 36.6 Å². The van der Waals surface area contributed by atoms with Gasteiger partial charge in [-0.25, -0.2) is 0 Å². The number of carbonyl (C=O) groups excluding carboxylic acids is 2. The third-order valence-electron chi connectivity index (χ3n) is 9.52. The lowest BCUT2D eigenvalue weighted by Gasteiger charge is -2.64. The summed E-state index contributed by atoms with van der Waals surface area (Å²) in [6, 6.07) is 3.20. The van der Waals surface area contributed by atoms with Gasteiger partial charge in [0.25, 0.3) is 5.91 Å². The number of carbonyl (C=O) groups is 2. The summed E-state index contributed by atoms with van der Waals surface area (Å²) in [6.07, 6.45) is 6.28. The molecule has 1 aromatic rings. The number of rotatable bonds is 3. The number of hydrogen-bond acceptors (Lipinski definition) is 6. The normalized spacial score (nSPS) is 40.4. The van der Waals surface area contributed by atoms with Gasteiger partial charge in [0.2, 0.25) is 5.91 Å². The topological polar surface area (TPSA) is 90.3 Å². The van der Waals surface area contributed by atoms with Crippen LogP contribution in [0, 0.1) is 5.92 Å². The highest BCUT2D eigenvalue weighted by Crippen LogP contribution is 2.66. The molecule has 1 unspecified atom stereocenters. The number of nitrogens with zero attached hydrogens (tertiary/aromatic N) is 2. The smallest absolute Gasteiger partial charge is 0.256 e. The van der Waals surface area contributed by atoms with Gasteiger partial charge in [0.15, 0.2) is 11.5 Å². The number of amides is 2. The fraction of sp³-hybridized carbons (Fsp3) is 0.615. The highest BCUT2D eigenvalue weighted by molar-refractivity contribution is 6.13. The molecule has 174 valence electrons. The molecule has 3 heterocycles. The Hall–Kier alpha value is -2.38. The highest BCUT2D eigenvalue weighted by atomic mass is 16.5. The van der Waals surface area contributed by atoms with Crippen LogP contribution in [0.1, 0.15) is 56.6 Å². The van der Waals surface area contributed by atoms with Crippen molar-refractivity contribution in [3.05, 3.63) is 34.9 Å². The lowest BCUT2D eigenvalue weighted by molar-refractivity contribution is -0.201. The lowest BCUT2D eigenvalue weighted by Crippen LogP contribution is -2.78. The Balaban J connectivity index is 1.38. The van der Waals surface area contributed by atoms with E-state index >= 15 is 0 Å². The van der Waals surface area contributed by atoms with Crippen LogP contribution >= 0.6 is 0 Å². The van der Waals surface area contributed by atoms with Gasteiger partial charge in [0, 0.05) is 23.7 Å². The number of piperidine rings is 1. The molecule has 3 aliphatic heterocycles. The molecule has 2 amide bonds. The number of ether oxygens (including phenoxy) is 1. The molecule has 6 aliphatic rings. The van der Waals surface area contributed by atoms with E-state index in [1.165, 1.54) is 17.7 Å². The number of phenols is 1. The molecule has 33 heavy (non-hydrogen) atoms. The number of allylic oxidation sites excluding steroid dienone is 1. The van der Waals surface area contributed by atoms with Crippen LogP contribution in [-0.2, 0) is 21.4 Å². The minimum Gasteiger partial charge on any atom is -0.504 e. The Morgan fingerprint density at radius 3 is 2.76 bits per heavy atom. The third kappa shape index (κ3) is 2.32. The Labute approximate surface area is 193 Å². The van der Waals surface area contributed by atoms with Crippen molar-refractivity contribution in [2.75, 3.05) is 13.1 Å². The van der Waals surface area contributed by atoms with Crippen LogP contribution in [0.15, 0.2) is 23.8 Å². The van der Waals surface area contributed by atoms with Gasteiger partial charge in [0.05, 0.1) is 23.5 Å². The number of likely N-dealkylation sites (tertiary alicyclic amines) is 2. The van der Waals surface area contributed by atoms with Crippen LogP contribution in [0.2, 0.25) is 0 Å². The standard InChI is InChI=1S/C26H30N2O5/c1-2-15-12-20(30)28(24(15)31)17-7-8-26(32)19-11-16-5-6-18(29)22-21(16)25(26,23(17)33-22)9-10-27(19)13-14-3-4-14/h2,5-6,14,17,19,23,29,32H,3-4,7-13H2,1H3/t17-,19-,23+,25+,26?/m1/s1. The van der Waals surface area contributed by atoms with E-state index in [1.54, 1.807) is 19.1 Å². The maximum absolute atomic E-state index is 13.1. The summed E-state index contributed by atoms with van der Waals surface area (Å²) >= 11 is 0. The summed E-state index contributed by atoms with van der Waals surface area (Å²) in [5, 5.41) is 23.2. The monoisotopic (exact) mass is 450 g/mol. The minimum atomic E-state index is -1.01. The number of hydrogen-bond donors (Lipinski definition) is 2. The fourth-order valence-corrected chi connectivity index (χ4v) is 7.87. The zero-order chi connectivity index (χ0) is 22.7. The van der Waals surface area contributed by atoms with Crippen LogP contribution in [0.3, 0.4) is 0 Å². The van der Waals surface area contributed by atoms with Crippen LogP contribution in [-0.4, -0.2) is 68.7 Å². The molecule has 4 fully saturated rings. The molecule has 3 aliphatic carbocycles. The first-order valence-corrected chi connectivity index (χ1v) is 12.4. The predicted molar refractivity (Wildman–Crippen MR) is 119 cm³/mol. The fourth-order valence-electron chi connectivity index (χ4n) is 7.87. The molecule has 7 heteroatoms. The largest absolute Gasteiger partial charge is 0.504 e. The van der Waals surface area contributed by atoms with Gasteiger partial charge in [-0.1, -0.05) is 12.1 Å². The highest BCUT2D eigenvalue weighted by Gasteiger charge is 2.74. The molecule has 2 bridgehead atoms. The maximum Gasteiger partial charge on any atom is 0.256 e. The number of phenolic OH excluding ortho intramolecular Hbond substituents is 1. The maximum atomic E-state index is 13.1. The quantitative estimate of drug-likeness (QED) is 0.541. The van der Waals surface area contributed by atoms with Crippen molar-refractivity contribution in [1.29, 1.82) is 0 Å². The van der Waals surface area contributed by atoms with Crippen LogP contribution in [0.5, 0.6) is 11.5 Å². The second-order valence-electron chi connectivity index (χ2n) is 11.0. The Morgan fingerprint density at radius 2 is 2.03 bits per heavy atom. The molecule has 0 aromatic heterocycles. The number of benzene rings is 1. The first kappa shape index (κ1) is 20.0. The second-order valence-corrected chi connectivity index (χ2v) is 11.0. The van der Waals surface area contributed by atoms with Crippen molar-refractivity contribution in [3.8, 4) is 11.5 Å². The molecule has 0 radical (unpaired) electrons. The van der Waals surface area contributed by atoms with E-state index < -0.39 is 23.2 Å². The van der Waals surface area contributed by atoms with Gasteiger partial charge in [-0.05, 0) is 69.5 Å². The predicted octanol–water partition coefficient (Wildman–Crippen LogP) is 2.03. The molecule has 1 spiro atoms. The van der Waals surface area contributed by atoms with E-state index in [2.05, 4.69) is 4.90 Å². The zero-order valence-electron chi connectivity index (χ0n) is 18.9. The zero-order valence-corrected chi connectivity index (χ0v) is 18.9. The second kappa shape index (κ2) is 6.39. The van der Waals surface area contributed by atoms with Crippen molar-refractivity contribution >= 4 is 11.8 Å². The lowest BCUT2D eigenvalue weighted by atomic mass is 9.48. The van der Waals surface area contributed by atoms with Gasteiger partial charge in [-0.15, -0.1) is 0 Å². The van der Waals surface area contributed by atoms with Crippen molar-refractivity contribution in [2.24, 2.45) is 5.92 Å². The molecule has 7 nitrogen and oxygen atoms in total. The van der Waals surface area contributed by atoms with Crippen LogP contribution in [0.25, 0.3) is 0 Å². The summed E-state index contributed by atoms with van der Waals surface area (Å²) < 4.78 is 6.50. The van der Waals surface area contributed by atoms with Crippen LogP contribution in [0.4, 0.5) is 0 Å². The molecule has 2 saturated heterocycles. The van der Waals surface area contributed by atoms with Gasteiger partial charge >= 0.3 is 0 Å². The molecule has 2 N–H and O–H groups in total. The first-order valence-electron chi connectivity index (χ1n) is 12.4. The van der Waals surface area contributed by atoms with Crippen molar-refractivity contribution in [1.82, 2.24) is 9.80 Å². The molecule has 2 saturated carbocycles. The molecular weight excluding hydrogens is 420 g/mol. The summed E-state index contributed by atoms with van der Waals surface area (Å²) in [7, 11) is 0. The number of imide groups is 1. The Kier molecular flexibility index (Phi) is 3.88. The minimum absolute atomic E-state index is 0.0158. The summed E-state index contributed by atoms with van der Waals surface area (Å²) in [6.45, 7) is 3.66. The molecule has 1 aromatic carbocycles. The summed E-state index contributed by atoms with van der Waals surface area (Å²) in [4.78, 5) is 30.0. The van der Waals surface area contributed by atoms with Crippen molar-refractivity contribution in [2.45, 2.75) is 81.1 Å². The average Bonchev–Trinajstić information content (AvgIpc) is 3.46. The van der Waals surface area contributed by atoms with E-state index in [1.807, 2.05) is 6.07 Å². The van der Waals surface area contributed by atoms with E-state index in [-0.39, 0.29) is 30.0 Å². The first-order chi connectivity index (χ1) is 15.9. The summed E-state index contributed by atoms with van der Waals surface area (Å²) in [5.41, 5.74) is 0.837. The molecular formula is C26H30N2O5. The van der Waals surface area contributed by atoms with Crippen molar-refractivity contribution < 1.29 is 24.5 Å². The van der Waals surface area contributed by atoms with Gasteiger partial charge in [-0.2, -0.15) is 0 Å². The Morgan fingerprint density at radius 1 is 1.21 bits per heavy atom. The summed E-state index contributed by atoms with van der Waals surface area (Å²) in [5.74, 6) is 0.817.